The second-order valence-electron chi connectivity index (χ2n) is 5.49. The summed E-state index contributed by atoms with van der Waals surface area (Å²) in [5, 5.41) is 0. The Kier molecular flexibility index (Phi) is 6.89. The Morgan fingerprint density at radius 3 is 2.47 bits per heavy atom. The second kappa shape index (κ2) is 8.18. The molecule has 0 bridgehead atoms. The molecule has 1 heterocycles. The van der Waals surface area contributed by atoms with Crippen molar-refractivity contribution in [2.45, 2.75) is 65.3 Å². The van der Waals surface area contributed by atoms with Crippen molar-refractivity contribution in [3.8, 4) is 0 Å². The van der Waals surface area contributed by atoms with Crippen LogP contribution in [0.2, 0.25) is 0 Å². The highest BCUT2D eigenvalue weighted by Crippen LogP contribution is 2.17. The van der Waals surface area contributed by atoms with E-state index in [1.165, 1.54) is 0 Å². The van der Waals surface area contributed by atoms with Crippen molar-refractivity contribution in [2.75, 3.05) is 19.6 Å². The van der Waals surface area contributed by atoms with Crippen LogP contribution >= 0.6 is 0 Å². The molecule has 2 amide bonds. The molecule has 1 aliphatic rings. The maximum absolute atomic E-state index is 12.3. The van der Waals surface area contributed by atoms with Gasteiger partial charge in [-0.15, -0.1) is 0 Å². The Labute approximate surface area is 117 Å². The van der Waals surface area contributed by atoms with Crippen molar-refractivity contribution < 1.29 is 9.59 Å². The van der Waals surface area contributed by atoms with Gasteiger partial charge in [0.15, 0.2) is 0 Å². The fraction of sp³-hybridized carbons (Fsp3) is 0.867. The summed E-state index contributed by atoms with van der Waals surface area (Å²) in [7, 11) is 0. The number of unbranched alkanes of at least 4 members (excludes halogenated alkanes) is 1. The van der Waals surface area contributed by atoms with Crippen molar-refractivity contribution in [2.24, 2.45) is 0 Å². The minimum atomic E-state index is -0.302. The molecule has 0 aromatic carbocycles. The van der Waals surface area contributed by atoms with Crippen LogP contribution in [0.5, 0.6) is 0 Å². The number of hydrogen-bond acceptors (Lipinski definition) is 2. The van der Waals surface area contributed by atoms with E-state index in [4.69, 9.17) is 0 Å². The van der Waals surface area contributed by atoms with Crippen LogP contribution in [0.25, 0.3) is 0 Å². The maximum Gasteiger partial charge on any atom is 0.312 e. The third-order valence-electron chi connectivity index (χ3n) is 3.81. The summed E-state index contributed by atoms with van der Waals surface area (Å²) in [6.45, 7) is 8.31. The number of carbonyl (C=O) groups is 2. The van der Waals surface area contributed by atoms with Crippen LogP contribution in [0.15, 0.2) is 0 Å². The first-order chi connectivity index (χ1) is 9.11. The first kappa shape index (κ1) is 16.0. The Hall–Kier alpha value is -1.06. The largest absolute Gasteiger partial charge is 0.334 e. The highest BCUT2D eigenvalue weighted by Gasteiger charge is 2.30. The Morgan fingerprint density at radius 1 is 1.16 bits per heavy atom. The molecule has 0 aliphatic carbocycles. The van der Waals surface area contributed by atoms with Crippen molar-refractivity contribution in [1.82, 2.24) is 9.80 Å². The topological polar surface area (TPSA) is 40.6 Å². The Bertz CT molecular complexity index is 305. The van der Waals surface area contributed by atoms with E-state index in [2.05, 4.69) is 6.92 Å². The summed E-state index contributed by atoms with van der Waals surface area (Å²) in [4.78, 5) is 28.1. The summed E-state index contributed by atoms with van der Waals surface area (Å²) in [6, 6.07) is 0.208. The van der Waals surface area contributed by atoms with E-state index < -0.39 is 0 Å². The molecule has 1 fully saturated rings. The number of amides is 2. The summed E-state index contributed by atoms with van der Waals surface area (Å²) in [6.07, 6.45) is 6.11. The molecule has 1 unspecified atom stereocenters. The van der Waals surface area contributed by atoms with Crippen LogP contribution in [0.1, 0.15) is 59.3 Å². The lowest BCUT2D eigenvalue weighted by Gasteiger charge is -2.34. The van der Waals surface area contributed by atoms with Gasteiger partial charge in [0.2, 0.25) is 0 Å². The molecule has 0 saturated carbocycles. The minimum Gasteiger partial charge on any atom is -0.334 e. The summed E-state index contributed by atoms with van der Waals surface area (Å²) < 4.78 is 0. The maximum atomic E-state index is 12.3. The van der Waals surface area contributed by atoms with E-state index in [0.717, 1.165) is 45.1 Å². The van der Waals surface area contributed by atoms with E-state index in [1.807, 2.05) is 13.8 Å². The molecule has 0 N–H and O–H groups in total. The van der Waals surface area contributed by atoms with Gasteiger partial charge in [0.1, 0.15) is 0 Å². The third kappa shape index (κ3) is 4.51. The predicted octanol–water partition coefficient (Wildman–Crippen LogP) is 2.43. The summed E-state index contributed by atoms with van der Waals surface area (Å²) >= 11 is 0. The van der Waals surface area contributed by atoms with Crippen LogP contribution in [0, 0.1) is 0 Å². The average Bonchev–Trinajstić information content (AvgIpc) is 2.42. The zero-order chi connectivity index (χ0) is 14.3. The lowest BCUT2D eigenvalue weighted by molar-refractivity contribution is -0.153. The Morgan fingerprint density at radius 2 is 1.89 bits per heavy atom. The molecule has 4 heteroatoms. The van der Waals surface area contributed by atoms with E-state index in [-0.39, 0.29) is 17.9 Å². The fourth-order valence-corrected chi connectivity index (χ4v) is 2.59. The van der Waals surface area contributed by atoms with Gasteiger partial charge in [0, 0.05) is 25.7 Å². The fourth-order valence-electron chi connectivity index (χ4n) is 2.59. The van der Waals surface area contributed by atoms with Gasteiger partial charge in [-0.25, -0.2) is 0 Å². The van der Waals surface area contributed by atoms with Crippen molar-refractivity contribution in [3.05, 3.63) is 0 Å². The van der Waals surface area contributed by atoms with Crippen LogP contribution in [-0.2, 0) is 9.59 Å². The molecule has 0 aromatic heterocycles. The number of carbonyl (C=O) groups excluding carboxylic acids is 2. The molecule has 0 spiro atoms. The molecule has 0 aromatic rings. The van der Waals surface area contributed by atoms with Crippen LogP contribution < -0.4 is 0 Å². The second-order valence-corrected chi connectivity index (χ2v) is 5.49. The Balaban J connectivity index is 2.63. The van der Waals surface area contributed by atoms with Crippen LogP contribution in [0.4, 0.5) is 0 Å². The highest BCUT2D eigenvalue weighted by atomic mass is 16.2. The van der Waals surface area contributed by atoms with Crippen molar-refractivity contribution >= 4 is 11.8 Å². The SMILES string of the molecule is CCCCN(CCC)C(=O)C(=O)N1CCCCC1C. The zero-order valence-corrected chi connectivity index (χ0v) is 12.7. The number of nitrogens with zero attached hydrogens (tertiary/aromatic N) is 2. The quantitative estimate of drug-likeness (QED) is 0.719. The minimum absolute atomic E-state index is 0.208. The molecule has 1 aliphatic heterocycles. The average molecular weight is 268 g/mol. The lowest BCUT2D eigenvalue weighted by atomic mass is 10.0. The number of piperidine rings is 1. The van der Waals surface area contributed by atoms with Gasteiger partial charge < -0.3 is 9.80 Å². The standard InChI is InChI=1S/C15H28N2O2/c1-4-6-11-16(10-5-2)14(18)15(19)17-12-8-7-9-13(17)3/h13H,4-12H2,1-3H3. The highest BCUT2D eigenvalue weighted by molar-refractivity contribution is 6.35. The van der Waals surface area contributed by atoms with Gasteiger partial charge in [-0.3, -0.25) is 9.59 Å². The molecule has 1 saturated heterocycles. The molecule has 4 nitrogen and oxygen atoms in total. The van der Waals surface area contributed by atoms with Gasteiger partial charge >= 0.3 is 11.8 Å². The van der Waals surface area contributed by atoms with Crippen LogP contribution in [-0.4, -0.2) is 47.3 Å². The van der Waals surface area contributed by atoms with Gasteiger partial charge in [-0.1, -0.05) is 20.3 Å². The molecular weight excluding hydrogens is 240 g/mol. The molecule has 110 valence electrons. The van der Waals surface area contributed by atoms with Crippen molar-refractivity contribution in [3.63, 3.8) is 0 Å². The van der Waals surface area contributed by atoms with Crippen molar-refractivity contribution in [1.29, 1.82) is 0 Å². The van der Waals surface area contributed by atoms with Gasteiger partial charge in [-0.2, -0.15) is 0 Å². The van der Waals surface area contributed by atoms with E-state index in [0.29, 0.717) is 13.1 Å². The monoisotopic (exact) mass is 268 g/mol. The molecular formula is C15H28N2O2. The van der Waals surface area contributed by atoms with Gasteiger partial charge in [0.05, 0.1) is 0 Å². The normalized spacial score (nSPS) is 19.3. The molecule has 0 radical (unpaired) electrons. The first-order valence-electron chi connectivity index (χ1n) is 7.71. The number of likely N-dealkylation sites (tertiary alicyclic amines) is 1. The smallest absolute Gasteiger partial charge is 0.312 e. The van der Waals surface area contributed by atoms with Gasteiger partial charge in [-0.05, 0) is 39.0 Å². The van der Waals surface area contributed by atoms with Gasteiger partial charge in [0.25, 0.3) is 0 Å². The van der Waals surface area contributed by atoms with Crippen LogP contribution in [0.3, 0.4) is 0 Å². The molecule has 1 atom stereocenters. The summed E-state index contributed by atoms with van der Waals surface area (Å²) in [5.74, 6) is -0.596. The summed E-state index contributed by atoms with van der Waals surface area (Å²) in [5.41, 5.74) is 0. The zero-order valence-electron chi connectivity index (χ0n) is 12.7. The number of rotatable bonds is 5. The van der Waals surface area contributed by atoms with E-state index in [9.17, 15) is 9.59 Å². The number of hydrogen-bond donors (Lipinski definition) is 0. The van der Waals surface area contributed by atoms with E-state index in [1.54, 1.807) is 9.80 Å². The predicted molar refractivity (Wildman–Crippen MR) is 76.8 cm³/mol. The first-order valence-corrected chi connectivity index (χ1v) is 7.71. The molecule has 1 rings (SSSR count). The lowest BCUT2D eigenvalue weighted by Crippen LogP contribution is -2.50. The third-order valence-corrected chi connectivity index (χ3v) is 3.81. The van der Waals surface area contributed by atoms with E-state index >= 15 is 0 Å². The molecule has 19 heavy (non-hydrogen) atoms.